The Bertz CT molecular complexity index is 801. The molecule has 6 heteroatoms. The highest BCUT2D eigenvalue weighted by Gasteiger charge is 2.25. The number of rotatable bonds is 12. The maximum absolute atomic E-state index is 13.8. The maximum atomic E-state index is 13.8. The van der Waals surface area contributed by atoms with E-state index in [-0.39, 0.29) is 23.4 Å². The average Bonchev–Trinajstić information content (AvgIpc) is 2.76. The van der Waals surface area contributed by atoms with Gasteiger partial charge in [0.15, 0.2) is 0 Å². The smallest absolute Gasteiger partial charge is 0.242 e. The molecule has 0 bridgehead atoms. The Kier molecular flexibility index (Phi) is 10.4. The Balaban J connectivity index is 1.98. The van der Waals surface area contributed by atoms with Crippen LogP contribution >= 0.6 is 11.8 Å². The summed E-state index contributed by atoms with van der Waals surface area (Å²) < 4.78 is 13.8. The van der Waals surface area contributed by atoms with E-state index in [0.717, 1.165) is 18.4 Å². The molecule has 0 fully saturated rings. The highest BCUT2D eigenvalue weighted by molar-refractivity contribution is 7.99. The number of benzene rings is 2. The Morgan fingerprint density at radius 1 is 1.10 bits per heavy atom. The first-order chi connectivity index (χ1) is 14.5. The van der Waals surface area contributed by atoms with Crippen molar-refractivity contribution < 1.29 is 14.0 Å². The standard InChI is InChI=1S/C24H31FN2O2S/c1-3-4-15-26-24(29)19(2)27(16-14-20-10-6-5-7-11-20)23(28)18-30-17-21-12-8-9-13-22(21)25/h5-13,19H,3-4,14-18H2,1-2H3,(H,26,29)/t19-/m1/s1. The van der Waals surface area contributed by atoms with E-state index in [9.17, 15) is 14.0 Å². The molecule has 0 aliphatic rings. The van der Waals surface area contributed by atoms with Crippen molar-refractivity contribution in [1.29, 1.82) is 0 Å². The lowest BCUT2D eigenvalue weighted by molar-refractivity contribution is -0.137. The van der Waals surface area contributed by atoms with Gasteiger partial charge in [-0.3, -0.25) is 9.59 Å². The van der Waals surface area contributed by atoms with Crippen LogP contribution in [0, 0.1) is 5.82 Å². The molecule has 0 spiro atoms. The maximum Gasteiger partial charge on any atom is 0.242 e. The number of hydrogen-bond acceptors (Lipinski definition) is 3. The molecule has 0 unspecified atom stereocenters. The van der Waals surface area contributed by atoms with Crippen molar-refractivity contribution in [3.05, 3.63) is 71.5 Å². The topological polar surface area (TPSA) is 49.4 Å². The molecule has 1 atom stereocenters. The second-order valence-electron chi connectivity index (χ2n) is 7.23. The highest BCUT2D eigenvalue weighted by Crippen LogP contribution is 2.17. The van der Waals surface area contributed by atoms with Gasteiger partial charge in [0, 0.05) is 18.8 Å². The van der Waals surface area contributed by atoms with Crippen LogP contribution < -0.4 is 5.32 Å². The zero-order valence-electron chi connectivity index (χ0n) is 17.8. The molecule has 2 amide bonds. The summed E-state index contributed by atoms with van der Waals surface area (Å²) in [7, 11) is 0. The lowest BCUT2D eigenvalue weighted by atomic mass is 10.1. The predicted octanol–water partition coefficient (Wildman–Crippen LogP) is 4.44. The summed E-state index contributed by atoms with van der Waals surface area (Å²) in [6.45, 7) is 4.91. The SMILES string of the molecule is CCCCNC(=O)[C@@H](C)N(CCc1ccccc1)C(=O)CSCc1ccccc1F. The molecule has 1 N–H and O–H groups in total. The molecule has 0 radical (unpaired) electrons. The third kappa shape index (κ3) is 7.82. The van der Waals surface area contributed by atoms with Crippen molar-refractivity contribution in [3.8, 4) is 0 Å². The monoisotopic (exact) mass is 430 g/mol. The molecule has 0 saturated heterocycles. The fourth-order valence-corrected chi connectivity index (χ4v) is 3.95. The number of thioether (sulfide) groups is 1. The van der Waals surface area contributed by atoms with Gasteiger partial charge in [0.25, 0.3) is 0 Å². The van der Waals surface area contributed by atoms with Crippen LogP contribution in [0.25, 0.3) is 0 Å². The van der Waals surface area contributed by atoms with Crippen molar-refractivity contribution in [2.45, 2.75) is 44.9 Å². The third-order valence-electron chi connectivity index (χ3n) is 4.92. The summed E-state index contributed by atoms with van der Waals surface area (Å²) in [5.74, 6) is 0.119. The van der Waals surface area contributed by atoms with Gasteiger partial charge in [-0.2, -0.15) is 0 Å². The van der Waals surface area contributed by atoms with E-state index in [1.54, 1.807) is 30.0 Å². The van der Waals surface area contributed by atoms with Crippen molar-refractivity contribution in [2.75, 3.05) is 18.8 Å². The van der Waals surface area contributed by atoms with Crippen LogP contribution in [0.3, 0.4) is 0 Å². The first-order valence-electron chi connectivity index (χ1n) is 10.4. The summed E-state index contributed by atoms with van der Waals surface area (Å²) in [5.41, 5.74) is 1.70. The van der Waals surface area contributed by atoms with Crippen molar-refractivity contribution >= 4 is 23.6 Å². The van der Waals surface area contributed by atoms with E-state index < -0.39 is 6.04 Å². The average molecular weight is 431 g/mol. The fourth-order valence-electron chi connectivity index (χ4n) is 3.05. The van der Waals surface area contributed by atoms with E-state index in [4.69, 9.17) is 0 Å². The summed E-state index contributed by atoms with van der Waals surface area (Å²) >= 11 is 1.37. The van der Waals surface area contributed by atoms with Gasteiger partial charge >= 0.3 is 0 Å². The number of unbranched alkanes of at least 4 members (excludes halogenated alkanes) is 1. The zero-order chi connectivity index (χ0) is 21.8. The molecule has 2 aromatic carbocycles. The van der Waals surface area contributed by atoms with Crippen LogP contribution in [0.15, 0.2) is 54.6 Å². The molecule has 2 aromatic rings. The molecular formula is C24H31FN2O2S. The second-order valence-corrected chi connectivity index (χ2v) is 8.21. The van der Waals surface area contributed by atoms with E-state index in [0.29, 0.717) is 30.8 Å². The lowest BCUT2D eigenvalue weighted by Gasteiger charge is -2.28. The highest BCUT2D eigenvalue weighted by atomic mass is 32.2. The Labute approximate surface area is 183 Å². The molecule has 4 nitrogen and oxygen atoms in total. The van der Waals surface area contributed by atoms with Crippen LogP contribution in [-0.2, 0) is 21.8 Å². The second kappa shape index (κ2) is 13.1. The van der Waals surface area contributed by atoms with Crippen LogP contribution in [0.5, 0.6) is 0 Å². The predicted molar refractivity (Wildman–Crippen MR) is 122 cm³/mol. The van der Waals surface area contributed by atoms with Gasteiger partial charge in [-0.05, 0) is 37.0 Å². The number of hydrogen-bond donors (Lipinski definition) is 1. The van der Waals surface area contributed by atoms with Gasteiger partial charge in [0.05, 0.1) is 5.75 Å². The van der Waals surface area contributed by atoms with Crippen molar-refractivity contribution in [3.63, 3.8) is 0 Å². The summed E-state index contributed by atoms with van der Waals surface area (Å²) in [6, 6.07) is 16.0. The van der Waals surface area contributed by atoms with Crippen molar-refractivity contribution in [1.82, 2.24) is 10.2 Å². The molecule has 0 aliphatic heterocycles. The minimum atomic E-state index is -0.549. The van der Waals surface area contributed by atoms with Gasteiger partial charge in [-0.25, -0.2) is 4.39 Å². The zero-order valence-corrected chi connectivity index (χ0v) is 18.6. The van der Waals surface area contributed by atoms with E-state index in [2.05, 4.69) is 12.2 Å². The van der Waals surface area contributed by atoms with Crippen LogP contribution in [0.1, 0.15) is 37.8 Å². The van der Waals surface area contributed by atoms with Crippen LogP contribution in [0.2, 0.25) is 0 Å². The molecule has 0 saturated carbocycles. The number of carbonyl (C=O) groups is 2. The quantitative estimate of drug-likeness (QED) is 0.507. The van der Waals surface area contributed by atoms with E-state index in [1.165, 1.54) is 17.8 Å². The summed E-state index contributed by atoms with van der Waals surface area (Å²) in [6.07, 6.45) is 2.59. The van der Waals surface area contributed by atoms with Gasteiger partial charge in [0.1, 0.15) is 11.9 Å². The van der Waals surface area contributed by atoms with Gasteiger partial charge < -0.3 is 10.2 Å². The minimum Gasteiger partial charge on any atom is -0.354 e. The lowest BCUT2D eigenvalue weighted by Crippen LogP contribution is -2.49. The molecule has 0 aromatic heterocycles. The third-order valence-corrected chi connectivity index (χ3v) is 5.89. The van der Waals surface area contributed by atoms with Gasteiger partial charge in [-0.1, -0.05) is 61.9 Å². The Hall–Kier alpha value is -2.34. The van der Waals surface area contributed by atoms with Gasteiger partial charge in [-0.15, -0.1) is 11.8 Å². The number of nitrogens with one attached hydrogen (secondary N) is 1. The molecule has 30 heavy (non-hydrogen) atoms. The number of carbonyl (C=O) groups excluding carboxylic acids is 2. The largest absolute Gasteiger partial charge is 0.354 e. The van der Waals surface area contributed by atoms with Crippen molar-refractivity contribution in [2.24, 2.45) is 0 Å². The van der Waals surface area contributed by atoms with E-state index >= 15 is 0 Å². The van der Waals surface area contributed by atoms with Crippen LogP contribution in [0.4, 0.5) is 4.39 Å². The first-order valence-corrected chi connectivity index (χ1v) is 11.6. The Morgan fingerprint density at radius 3 is 2.50 bits per heavy atom. The minimum absolute atomic E-state index is 0.106. The van der Waals surface area contributed by atoms with E-state index in [1.807, 2.05) is 30.3 Å². The number of amides is 2. The molecular weight excluding hydrogens is 399 g/mol. The number of halogens is 1. The normalized spacial score (nSPS) is 11.7. The number of nitrogens with zero attached hydrogens (tertiary/aromatic N) is 1. The van der Waals surface area contributed by atoms with Crippen LogP contribution in [-0.4, -0.2) is 41.6 Å². The Morgan fingerprint density at radius 2 is 1.80 bits per heavy atom. The molecule has 2 rings (SSSR count). The molecule has 162 valence electrons. The van der Waals surface area contributed by atoms with Gasteiger partial charge in [0.2, 0.25) is 11.8 Å². The molecule has 0 aliphatic carbocycles. The molecule has 0 heterocycles. The summed E-state index contributed by atoms with van der Waals surface area (Å²) in [5, 5.41) is 2.92. The first kappa shape index (κ1) is 23.9. The summed E-state index contributed by atoms with van der Waals surface area (Å²) in [4.78, 5) is 27.1. The fraction of sp³-hybridized carbons (Fsp3) is 0.417.